The first kappa shape index (κ1) is 13.7. The molecule has 3 N–H and O–H groups in total. The van der Waals surface area contributed by atoms with Gasteiger partial charge in [-0.2, -0.15) is 0 Å². The SMILES string of the molecule is COc1cccc(C(=O)Nc2ccc(N)nc2)c1OC. The monoisotopic (exact) mass is 273 g/mol. The van der Waals surface area contributed by atoms with Gasteiger partial charge >= 0.3 is 0 Å². The minimum Gasteiger partial charge on any atom is -0.493 e. The van der Waals surface area contributed by atoms with E-state index in [-0.39, 0.29) is 5.91 Å². The third-order valence-electron chi connectivity index (χ3n) is 2.69. The van der Waals surface area contributed by atoms with Crippen LogP contribution in [-0.2, 0) is 0 Å². The van der Waals surface area contributed by atoms with Crippen molar-refractivity contribution in [3.63, 3.8) is 0 Å². The number of hydrogen-bond acceptors (Lipinski definition) is 5. The molecule has 104 valence electrons. The molecule has 0 saturated heterocycles. The van der Waals surface area contributed by atoms with Crippen molar-refractivity contribution in [1.82, 2.24) is 4.98 Å². The fourth-order valence-electron chi connectivity index (χ4n) is 1.74. The number of carbonyl (C=O) groups excluding carboxylic acids is 1. The molecule has 0 saturated carbocycles. The third kappa shape index (κ3) is 2.80. The molecule has 20 heavy (non-hydrogen) atoms. The molecule has 2 aromatic rings. The van der Waals surface area contributed by atoms with Gasteiger partial charge in [-0.05, 0) is 24.3 Å². The molecule has 0 aliphatic heterocycles. The Morgan fingerprint density at radius 3 is 2.60 bits per heavy atom. The largest absolute Gasteiger partial charge is 0.493 e. The molecule has 6 heteroatoms. The number of nitrogen functional groups attached to an aromatic ring is 1. The minimum absolute atomic E-state index is 0.313. The minimum atomic E-state index is -0.313. The smallest absolute Gasteiger partial charge is 0.259 e. The molecule has 0 bridgehead atoms. The summed E-state index contributed by atoms with van der Waals surface area (Å²) < 4.78 is 10.4. The Morgan fingerprint density at radius 2 is 2.00 bits per heavy atom. The molecular formula is C14H15N3O3. The van der Waals surface area contributed by atoms with Crippen LogP contribution in [0.3, 0.4) is 0 Å². The van der Waals surface area contributed by atoms with Crippen LogP contribution in [0.1, 0.15) is 10.4 Å². The first-order chi connectivity index (χ1) is 9.65. The number of carbonyl (C=O) groups is 1. The van der Waals surface area contributed by atoms with Crippen LogP contribution in [0.5, 0.6) is 11.5 Å². The van der Waals surface area contributed by atoms with Gasteiger partial charge in [0.05, 0.1) is 31.7 Å². The molecule has 0 spiro atoms. The van der Waals surface area contributed by atoms with Crippen LogP contribution in [0.25, 0.3) is 0 Å². The van der Waals surface area contributed by atoms with Crippen molar-refractivity contribution < 1.29 is 14.3 Å². The topological polar surface area (TPSA) is 86.5 Å². The summed E-state index contributed by atoms with van der Waals surface area (Å²) in [5, 5.41) is 2.72. The van der Waals surface area contributed by atoms with Crippen LogP contribution >= 0.6 is 0 Å². The molecule has 0 atom stereocenters. The molecule has 0 radical (unpaired) electrons. The number of pyridine rings is 1. The van der Waals surface area contributed by atoms with Gasteiger partial charge in [0.1, 0.15) is 5.82 Å². The molecule has 1 amide bonds. The number of nitrogens with zero attached hydrogens (tertiary/aromatic N) is 1. The van der Waals surface area contributed by atoms with E-state index in [2.05, 4.69) is 10.3 Å². The van der Waals surface area contributed by atoms with Crippen LogP contribution in [0.4, 0.5) is 11.5 Å². The van der Waals surface area contributed by atoms with E-state index >= 15 is 0 Å². The molecule has 1 heterocycles. The zero-order valence-electron chi connectivity index (χ0n) is 11.2. The Kier molecular flexibility index (Phi) is 4.05. The van der Waals surface area contributed by atoms with Gasteiger partial charge in [0, 0.05) is 0 Å². The summed E-state index contributed by atoms with van der Waals surface area (Å²) in [5.74, 6) is 0.959. The molecule has 0 unspecified atom stereocenters. The van der Waals surface area contributed by atoms with E-state index in [0.29, 0.717) is 28.6 Å². The van der Waals surface area contributed by atoms with Crippen molar-refractivity contribution in [3.8, 4) is 11.5 Å². The van der Waals surface area contributed by atoms with Gasteiger partial charge in [-0.1, -0.05) is 6.07 Å². The van der Waals surface area contributed by atoms with Gasteiger partial charge in [0.15, 0.2) is 11.5 Å². The Hall–Kier alpha value is -2.76. The lowest BCUT2D eigenvalue weighted by atomic mass is 10.1. The van der Waals surface area contributed by atoms with E-state index in [1.165, 1.54) is 20.4 Å². The van der Waals surface area contributed by atoms with Gasteiger partial charge in [-0.3, -0.25) is 4.79 Å². The fourth-order valence-corrected chi connectivity index (χ4v) is 1.74. The number of ether oxygens (including phenoxy) is 2. The molecule has 0 aliphatic rings. The number of nitrogens with two attached hydrogens (primary N) is 1. The van der Waals surface area contributed by atoms with Crippen molar-refractivity contribution >= 4 is 17.4 Å². The van der Waals surface area contributed by atoms with Gasteiger partial charge < -0.3 is 20.5 Å². The summed E-state index contributed by atoms with van der Waals surface area (Å²) in [6.07, 6.45) is 1.49. The molecule has 1 aromatic heterocycles. The van der Waals surface area contributed by atoms with Crippen molar-refractivity contribution in [1.29, 1.82) is 0 Å². The molecule has 0 aliphatic carbocycles. The lowest BCUT2D eigenvalue weighted by molar-refractivity contribution is 0.102. The number of anilines is 2. The van der Waals surface area contributed by atoms with Crippen LogP contribution in [0.15, 0.2) is 36.5 Å². The molecule has 6 nitrogen and oxygen atoms in total. The number of para-hydroxylation sites is 1. The second-order valence-corrected chi connectivity index (χ2v) is 3.97. The van der Waals surface area contributed by atoms with Gasteiger partial charge in [-0.25, -0.2) is 4.98 Å². The maximum absolute atomic E-state index is 12.2. The average molecular weight is 273 g/mol. The summed E-state index contributed by atoms with van der Waals surface area (Å²) in [7, 11) is 3.00. The second kappa shape index (κ2) is 5.92. The number of aromatic nitrogens is 1. The highest BCUT2D eigenvalue weighted by Gasteiger charge is 2.16. The lowest BCUT2D eigenvalue weighted by Crippen LogP contribution is -2.13. The summed E-state index contributed by atoms with van der Waals surface area (Å²) in [6.45, 7) is 0. The highest BCUT2D eigenvalue weighted by molar-refractivity contribution is 6.06. The number of rotatable bonds is 4. The molecule has 1 aromatic carbocycles. The Balaban J connectivity index is 2.27. The number of amides is 1. The summed E-state index contributed by atoms with van der Waals surface area (Å²) in [5.41, 5.74) is 6.42. The maximum atomic E-state index is 12.2. The maximum Gasteiger partial charge on any atom is 0.259 e. The Morgan fingerprint density at radius 1 is 1.20 bits per heavy atom. The predicted octanol–water partition coefficient (Wildman–Crippen LogP) is 1.93. The quantitative estimate of drug-likeness (QED) is 0.889. The van der Waals surface area contributed by atoms with Crippen LogP contribution in [-0.4, -0.2) is 25.1 Å². The van der Waals surface area contributed by atoms with E-state index < -0.39 is 0 Å². The van der Waals surface area contributed by atoms with Crippen LogP contribution < -0.4 is 20.5 Å². The van der Waals surface area contributed by atoms with E-state index in [0.717, 1.165) is 0 Å². The average Bonchev–Trinajstić information content (AvgIpc) is 2.48. The molecule has 2 rings (SSSR count). The molecule has 0 fully saturated rings. The van der Waals surface area contributed by atoms with Crippen molar-refractivity contribution in [2.24, 2.45) is 0 Å². The normalized spacial score (nSPS) is 9.90. The van der Waals surface area contributed by atoms with Crippen LogP contribution in [0, 0.1) is 0 Å². The van der Waals surface area contributed by atoms with Crippen molar-refractivity contribution in [2.45, 2.75) is 0 Å². The summed E-state index contributed by atoms with van der Waals surface area (Å²) in [6, 6.07) is 8.38. The van der Waals surface area contributed by atoms with Crippen LogP contribution in [0.2, 0.25) is 0 Å². The zero-order chi connectivity index (χ0) is 14.5. The first-order valence-electron chi connectivity index (χ1n) is 5.89. The summed E-state index contributed by atoms with van der Waals surface area (Å²) >= 11 is 0. The highest BCUT2D eigenvalue weighted by atomic mass is 16.5. The highest BCUT2D eigenvalue weighted by Crippen LogP contribution is 2.31. The fraction of sp³-hybridized carbons (Fsp3) is 0.143. The number of benzene rings is 1. The van der Waals surface area contributed by atoms with Crippen molar-refractivity contribution in [3.05, 3.63) is 42.1 Å². The zero-order valence-corrected chi connectivity index (χ0v) is 11.2. The van der Waals surface area contributed by atoms with Crippen molar-refractivity contribution in [2.75, 3.05) is 25.3 Å². The third-order valence-corrected chi connectivity index (χ3v) is 2.69. The van der Waals surface area contributed by atoms with E-state index in [9.17, 15) is 4.79 Å². The van der Waals surface area contributed by atoms with E-state index in [1.807, 2.05) is 0 Å². The Labute approximate surface area is 116 Å². The van der Waals surface area contributed by atoms with Gasteiger partial charge in [0.2, 0.25) is 0 Å². The van der Waals surface area contributed by atoms with E-state index in [1.54, 1.807) is 30.3 Å². The number of nitrogens with one attached hydrogen (secondary N) is 1. The Bertz CT molecular complexity index is 612. The molecular weight excluding hydrogens is 258 g/mol. The summed E-state index contributed by atoms with van der Waals surface area (Å²) in [4.78, 5) is 16.2. The standard InChI is InChI=1S/C14H15N3O3/c1-19-11-5-3-4-10(13(11)20-2)14(18)17-9-6-7-12(15)16-8-9/h3-8H,1-2H3,(H2,15,16)(H,17,18). The predicted molar refractivity (Wildman–Crippen MR) is 76.1 cm³/mol. The number of hydrogen-bond donors (Lipinski definition) is 2. The number of methoxy groups -OCH3 is 2. The van der Waals surface area contributed by atoms with Gasteiger partial charge in [-0.15, -0.1) is 0 Å². The van der Waals surface area contributed by atoms with E-state index in [4.69, 9.17) is 15.2 Å². The lowest BCUT2D eigenvalue weighted by Gasteiger charge is -2.12. The first-order valence-corrected chi connectivity index (χ1v) is 5.89. The van der Waals surface area contributed by atoms with Gasteiger partial charge in [0.25, 0.3) is 5.91 Å². The second-order valence-electron chi connectivity index (χ2n) is 3.97.